The number of nitrogens with zero attached hydrogens (tertiary/aromatic N) is 3. The molecule has 1 aromatic carbocycles. The molecule has 7 nitrogen and oxygen atoms in total. The topological polar surface area (TPSA) is 87.2 Å². The van der Waals surface area contributed by atoms with Gasteiger partial charge in [0.05, 0.1) is 5.69 Å². The minimum Gasteiger partial charge on any atom is -0.339 e. The summed E-state index contributed by atoms with van der Waals surface area (Å²) >= 11 is 0. The molecule has 0 aliphatic carbocycles. The Morgan fingerprint density at radius 3 is 2.64 bits per heavy atom. The Hall–Kier alpha value is -2.96. The smallest absolute Gasteiger partial charge is 0.319 e. The summed E-state index contributed by atoms with van der Waals surface area (Å²) in [5.74, 6) is 0.0296. The van der Waals surface area contributed by atoms with Crippen molar-refractivity contribution in [3.8, 4) is 0 Å². The third kappa shape index (κ3) is 5.77. The molecule has 0 spiro atoms. The van der Waals surface area contributed by atoms with E-state index in [1.807, 2.05) is 11.8 Å². The van der Waals surface area contributed by atoms with Gasteiger partial charge >= 0.3 is 6.03 Å². The van der Waals surface area contributed by atoms with Crippen LogP contribution in [-0.2, 0) is 6.42 Å². The highest BCUT2D eigenvalue weighted by atomic mass is 16.2. The van der Waals surface area contributed by atoms with Crippen LogP contribution in [0.4, 0.5) is 10.5 Å². The van der Waals surface area contributed by atoms with E-state index in [-0.39, 0.29) is 18.0 Å². The lowest BCUT2D eigenvalue weighted by molar-refractivity contribution is 0.0761. The van der Waals surface area contributed by atoms with E-state index in [9.17, 15) is 9.59 Å². The fourth-order valence-electron chi connectivity index (χ4n) is 3.38. The predicted molar refractivity (Wildman–Crippen MR) is 108 cm³/mol. The molecular formula is C21H27N5O2. The quantitative estimate of drug-likeness (QED) is 0.832. The number of urea groups is 1. The molecule has 1 fully saturated rings. The van der Waals surface area contributed by atoms with E-state index in [1.165, 1.54) is 12.8 Å². The third-order valence-electron chi connectivity index (χ3n) is 4.77. The molecule has 1 atom stereocenters. The lowest BCUT2D eigenvalue weighted by Gasteiger charge is -2.20. The summed E-state index contributed by atoms with van der Waals surface area (Å²) < 4.78 is 0. The molecule has 1 saturated heterocycles. The molecule has 1 aromatic heterocycles. The van der Waals surface area contributed by atoms with Crippen LogP contribution in [-0.4, -0.2) is 45.9 Å². The van der Waals surface area contributed by atoms with E-state index in [0.29, 0.717) is 17.7 Å². The van der Waals surface area contributed by atoms with Crippen LogP contribution in [0.2, 0.25) is 0 Å². The van der Waals surface area contributed by atoms with Gasteiger partial charge in [0.1, 0.15) is 0 Å². The zero-order chi connectivity index (χ0) is 19.8. The van der Waals surface area contributed by atoms with Crippen LogP contribution in [0.15, 0.2) is 42.9 Å². The first-order valence-electron chi connectivity index (χ1n) is 9.83. The van der Waals surface area contributed by atoms with Crippen molar-refractivity contribution in [2.75, 3.05) is 18.4 Å². The summed E-state index contributed by atoms with van der Waals surface area (Å²) in [5.41, 5.74) is 2.03. The first-order valence-corrected chi connectivity index (χ1v) is 9.83. The Morgan fingerprint density at radius 2 is 1.93 bits per heavy atom. The molecule has 0 saturated carbocycles. The Morgan fingerprint density at radius 1 is 1.14 bits per heavy atom. The van der Waals surface area contributed by atoms with Crippen molar-refractivity contribution in [2.24, 2.45) is 0 Å². The van der Waals surface area contributed by atoms with Gasteiger partial charge in [-0.15, -0.1) is 0 Å². The molecule has 0 radical (unpaired) electrons. The standard InChI is InChI=1S/C21H27N5O2/c1-16(13-19-15-22-9-10-23-19)24-21(28)25-18-8-6-7-17(14-18)20(27)26-11-4-2-3-5-12-26/h6-10,14-16H,2-5,11-13H2,1H3,(H2,24,25,28)/t16-/m0/s1. The summed E-state index contributed by atoms with van der Waals surface area (Å²) in [7, 11) is 0. The van der Waals surface area contributed by atoms with E-state index >= 15 is 0 Å². The molecule has 148 valence electrons. The molecule has 1 aliphatic rings. The molecule has 0 bridgehead atoms. The molecule has 2 heterocycles. The molecule has 1 aliphatic heterocycles. The van der Waals surface area contributed by atoms with Gasteiger partial charge in [-0.2, -0.15) is 0 Å². The zero-order valence-electron chi connectivity index (χ0n) is 16.2. The molecular weight excluding hydrogens is 354 g/mol. The van der Waals surface area contributed by atoms with Gasteiger partial charge < -0.3 is 15.5 Å². The maximum atomic E-state index is 12.8. The van der Waals surface area contributed by atoms with Crippen LogP contribution in [0.25, 0.3) is 0 Å². The number of aromatic nitrogens is 2. The van der Waals surface area contributed by atoms with Crippen molar-refractivity contribution in [1.82, 2.24) is 20.2 Å². The van der Waals surface area contributed by atoms with Gasteiger partial charge in [-0.25, -0.2) is 4.79 Å². The average molecular weight is 381 g/mol. The number of nitrogens with one attached hydrogen (secondary N) is 2. The molecule has 0 unspecified atom stereocenters. The number of amides is 3. The summed E-state index contributed by atoms with van der Waals surface area (Å²) in [6.45, 7) is 3.52. The molecule has 3 amide bonds. The fourth-order valence-corrected chi connectivity index (χ4v) is 3.38. The second-order valence-corrected chi connectivity index (χ2v) is 7.19. The maximum absolute atomic E-state index is 12.8. The summed E-state index contributed by atoms with van der Waals surface area (Å²) in [6, 6.07) is 6.71. The lowest BCUT2D eigenvalue weighted by atomic mass is 10.1. The molecule has 3 rings (SSSR count). The van der Waals surface area contributed by atoms with Crippen molar-refractivity contribution >= 4 is 17.6 Å². The minimum atomic E-state index is -0.309. The van der Waals surface area contributed by atoms with Crippen molar-refractivity contribution in [3.63, 3.8) is 0 Å². The van der Waals surface area contributed by atoms with E-state index in [0.717, 1.165) is 31.6 Å². The van der Waals surface area contributed by atoms with Gasteiger partial charge in [-0.3, -0.25) is 14.8 Å². The number of hydrogen-bond acceptors (Lipinski definition) is 4. The Balaban J connectivity index is 1.56. The van der Waals surface area contributed by atoms with Gasteiger partial charge in [0.15, 0.2) is 0 Å². The molecule has 2 N–H and O–H groups in total. The van der Waals surface area contributed by atoms with Crippen molar-refractivity contribution < 1.29 is 9.59 Å². The van der Waals surface area contributed by atoms with Crippen molar-refractivity contribution in [3.05, 3.63) is 54.1 Å². The van der Waals surface area contributed by atoms with Crippen molar-refractivity contribution in [1.29, 1.82) is 0 Å². The predicted octanol–water partition coefficient (Wildman–Crippen LogP) is 3.25. The second kappa shape index (κ2) is 9.82. The third-order valence-corrected chi connectivity index (χ3v) is 4.77. The first-order chi connectivity index (χ1) is 13.6. The molecule has 7 heteroatoms. The Kier molecular flexibility index (Phi) is 6.94. The fraction of sp³-hybridized carbons (Fsp3) is 0.429. The number of hydrogen-bond donors (Lipinski definition) is 2. The lowest BCUT2D eigenvalue weighted by Crippen LogP contribution is -2.37. The first kappa shape index (κ1) is 19.8. The van der Waals surface area contributed by atoms with E-state index < -0.39 is 0 Å². The van der Waals surface area contributed by atoms with Crippen LogP contribution in [0.5, 0.6) is 0 Å². The van der Waals surface area contributed by atoms with Crippen LogP contribution in [0.3, 0.4) is 0 Å². The number of benzene rings is 1. The minimum absolute atomic E-state index is 0.0296. The second-order valence-electron chi connectivity index (χ2n) is 7.19. The summed E-state index contributed by atoms with van der Waals surface area (Å²) in [5, 5.41) is 5.70. The number of likely N-dealkylation sites (tertiary alicyclic amines) is 1. The zero-order valence-corrected chi connectivity index (χ0v) is 16.2. The van der Waals surface area contributed by atoms with Gasteiger partial charge in [0.25, 0.3) is 5.91 Å². The number of anilines is 1. The Bertz CT molecular complexity index is 788. The van der Waals surface area contributed by atoms with Gasteiger partial charge in [-0.05, 0) is 38.0 Å². The van der Waals surface area contributed by atoms with E-state index in [1.54, 1.807) is 42.9 Å². The highest BCUT2D eigenvalue weighted by Gasteiger charge is 2.18. The van der Waals surface area contributed by atoms with Crippen LogP contribution >= 0.6 is 0 Å². The van der Waals surface area contributed by atoms with Crippen LogP contribution < -0.4 is 10.6 Å². The number of rotatable bonds is 5. The number of carbonyl (C=O) groups is 2. The van der Waals surface area contributed by atoms with E-state index in [2.05, 4.69) is 20.6 Å². The van der Waals surface area contributed by atoms with Gasteiger partial charge in [-0.1, -0.05) is 18.9 Å². The van der Waals surface area contributed by atoms with Gasteiger partial charge in [0.2, 0.25) is 0 Å². The monoisotopic (exact) mass is 381 g/mol. The van der Waals surface area contributed by atoms with Crippen LogP contribution in [0, 0.1) is 0 Å². The largest absolute Gasteiger partial charge is 0.339 e. The molecule has 2 aromatic rings. The van der Waals surface area contributed by atoms with Crippen LogP contribution in [0.1, 0.15) is 48.7 Å². The van der Waals surface area contributed by atoms with E-state index in [4.69, 9.17) is 0 Å². The normalized spacial score (nSPS) is 15.4. The summed E-state index contributed by atoms with van der Waals surface area (Å²) in [6.07, 6.45) is 9.99. The summed E-state index contributed by atoms with van der Waals surface area (Å²) in [4.78, 5) is 35.2. The SMILES string of the molecule is C[C@@H](Cc1cnccn1)NC(=O)Nc1cccc(C(=O)N2CCCCCC2)c1. The van der Waals surface area contributed by atoms with Gasteiger partial charge in [0, 0.05) is 55.4 Å². The highest BCUT2D eigenvalue weighted by molar-refractivity contribution is 5.97. The highest BCUT2D eigenvalue weighted by Crippen LogP contribution is 2.16. The van der Waals surface area contributed by atoms with Crippen molar-refractivity contribution in [2.45, 2.75) is 45.1 Å². The maximum Gasteiger partial charge on any atom is 0.319 e. The molecule has 28 heavy (non-hydrogen) atoms. The average Bonchev–Trinajstić information content (AvgIpc) is 2.97. The number of carbonyl (C=O) groups excluding carboxylic acids is 2. The Labute approximate surface area is 165 Å².